The SMILES string of the molecule is CCC(C)c1ccc(OCc2ccnc(Cl)c2)cc1. The second kappa shape index (κ2) is 6.58. The summed E-state index contributed by atoms with van der Waals surface area (Å²) in [6.45, 7) is 4.93. The maximum absolute atomic E-state index is 5.83. The lowest BCUT2D eigenvalue weighted by Crippen LogP contribution is -1.96. The minimum Gasteiger partial charge on any atom is -0.489 e. The van der Waals surface area contributed by atoms with Crippen LogP contribution in [-0.4, -0.2) is 4.98 Å². The van der Waals surface area contributed by atoms with Crippen LogP contribution in [0.4, 0.5) is 0 Å². The molecule has 3 heteroatoms. The molecule has 0 aliphatic heterocycles. The average Bonchev–Trinajstić information content (AvgIpc) is 2.45. The van der Waals surface area contributed by atoms with Crippen LogP contribution in [-0.2, 0) is 6.61 Å². The Morgan fingerprint density at radius 3 is 2.58 bits per heavy atom. The first kappa shape index (κ1) is 13.9. The summed E-state index contributed by atoms with van der Waals surface area (Å²) >= 11 is 5.83. The summed E-state index contributed by atoms with van der Waals surface area (Å²) in [5, 5.41) is 0.494. The van der Waals surface area contributed by atoms with Crippen LogP contribution in [0.2, 0.25) is 5.15 Å². The van der Waals surface area contributed by atoms with Gasteiger partial charge in [-0.05, 0) is 47.7 Å². The molecular weight excluding hydrogens is 258 g/mol. The van der Waals surface area contributed by atoms with E-state index in [1.165, 1.54) is 5.56 Å². The zero-order valence-corrected chi connectivity index (χ0v) is 12.0. The lowest BCUT2D eigenvalue weighted by molar-refractivity contribution is 0.306. The van der Waals surface area contributed by atoms with E-state index >= 15 is 0 Å². The first-order valence-electron chi connectivity index (χ1n) is 6.52. The Balaban J connectivity index is 1.96. The summed E-state index contributed by atoms with van der Waals surface area (Å²) in [5.74, 6) is 1.47. The fraction of sp³-hybridized carbons (Fsp3) is 0.312. The summed E-state index contributed by atoms with van der Waals surface area (Å²) in [7, 11) is 0. The highest BCUT2D eigenvalue weighted by molar-refractivity contribution is 6.29. The summed E-state index contributed by atoms with van der Waals surface area (Å²) in [6.07, 6.45) is 2.84. The highest BCUT2D eigenvalue weighted by atomic mass is 35.5. The minimum absolute atomic E-state index is 0.494. The highest BCUT2D eigenvalue weighted by Gasteiger charge is 2.03. The quantitative estimate of drug-likeness (QED) is 0.729. The fourth-order valence-electron chi connectivity index (χ4n) is 1.83. The molecule has 1 aromatic heterocycles. The Kier molecular flexibility index (Phi) is 4.80. The number of hydrogen-bond donors (Lipinski definition) is 0. The molecule has 19 heavy (non-hydrogen) atoms. The first-order valence-corrected chi connectivity index (χ1v) is 6.90. The van der Waals surface area contributed by atoms with Crippen LogP contribution in [0.3, 0.4) is 0 Å². The van der Waals surface area contributed by atoms with Crippen LogP contribution < -0.4 is 4.74 Å². The van der Waals surface area contributed by atoms with Gasteiger partial charge >= 0.3 is 0 Å². The van der Waals surface area contributed by atoms with E-state index in [1.54, 1.807) is 6.20 Å². The van der Waals surface area contributed by atoms with Crippen molar-refractivity contribution in [3.63, 3.8) is 0 Å². The molecule has 100 valence electrons. The van der Waals surface area contributed by atoms with Crippen LogP contribution >= 0.6 is 11.6 Å². The van der Waals surface area contributed by atoms with E-state index in [0.29, 0.717) is 17.7 Å². The van der Waals surface area contributed by atoms with Crippen molar-refractivity contribution < 1.29 is 4.74 Å². The normalized spacial score (nSPS) is 12.2. The second-order valence-electron chi connectivity index (χ2n) is 4.65. The van der Waals surface area contributed by atoms with Gasteiger partial charge in [-0.3, -0.25) is 0 Å². The van der Waals surface area contributed by atoms with Gasteiger partial charge in [0.05, 0.1) is 0 Å². The molecule has 0 radical (unpaired) electrons. The van der Waals surface area contributed by atoms with Crippen molar-refractivity contribution >= 4 is 11.6 Å². The maximum Gasteiger partial charge on any atom is 0.129 e. The summed E-state index contributed by atoms with van der Waals surface area (Å²) < 4.78 is 5.73. The van der Waals surface area contributed by atoms with Gasteiger partial charge in [0, 0.05) is 6.20 Å². The van der Waals surface area contributed by atoms with E-state index in [-0.39, 0.29) is 0 Å². The topological polar surface area (TPSA) is 22.1 Å². The van der Waals surface area contributed by atoms with Gasteiger partial charge in [-0.2, -0.15) is 0 Å². The van der Waals surface area contributed by atoms with Crippen molar-refractivity contribution in [2.45, 2.75) is 32.8 Å². The van der Waals surface area contributed by atoms with E-state index in [2.05, 4.69) is 31.0 Å². The molecule has 0 aliphatic carbocycles. The predicted molar refractivity (Wildman–Crippen MR) is 78.7 cm³/mol. The van der Waals surface area contributed by atoms with E-state index in [4.69, 9.17) is 16.3 Å². The molecule has 0 spiro atoms. The van der Waals surface area contributed by atoms with Gasteiger partial charge in [-0.25, -0.2) is 4.98 Å². The molecule has 1 heterocycles. The monoisotopic (exact) mass is 275 g/mol. The third-order valence-electron chi connectivity index (χ3n) is 3.26. The molecular formula is C16H18ClNO. The Morgan fingerprint density at radius 1 is 1.21 bits per heavy atom. The number of nitrogens with zero attached hydrogens (tertiary/aromatic N) is 1. The maximum atomic E-state index is 5.83. The van der Waals surface area contributed by atoms with Gasteiger partial charge in [-0.15, -0.1) is 0 Å². The number of ether oxygens (including phenoxy) is 1. The molecule has 1 atom stereocenters. The molecule has 1 unspecified atom stereocenters. The van der Waals surface area contributed by atoms with Crippen molar-refractivity contribution in [2.75, 3.05) is 0 Å². The Hall–Kier alpha value is -1.54. The third-order valence-corrected chi connectivity index (χ3v) is 3.46. The molecule has 0 saturated heterocycles. The van der Waals surface area contributed by atoms with Gasteiger partial charge in [0.25, 0.3) is 0 Å². The highest BCUT2D eigenvalue weighted by Crippen LogP contribution is 2.22. The van der Waals surface area contributed by atoms with Gasteiger partial charge in [0.2, 0.25) is 0 Å². The average molecular weight is 276 g/mol. The number of rotatable bonds is 5. The van der Waals surface area contributed by atoms with Gasteiger partial charge < -0.3 is 4.74 Å². The van der Waals surface area contributed by atoms with Crippen molar-refractivity contribution in [3.8, 4) is 5.75 Å². The number of pyridine rings is 1. The van der Waals surface area contributed by atoms with Crippen molar-refractivity contribution in [1.82, 2.24) is 4.98 Å². The first-order chi connectivity index (χ1) is 9.19. The number of hydrogen-bond acceptors (Lipinski definition) is 2. The Bertz CT molecular complexity index is 525. The lowest BCUT2D eigenvalue weighted by atomic mass is 9.99. The van der Waals surface area contributed by atoms with Crippen molar-refractivity contribution in [1.29, 1.82) is 0 Å². The van der Waals surface area contributed by atoms with Gasteiger partial charge in [0.1, 0.15) is 17.5 Å². The van der Waals surface area contributed by atoms with E-state index in [1.807, 2.05) is 24.3 Å². The largest absolute Gasteiger partial charge is 0.489 e. The van der Waals surface area contributed by atoms with Gasteiger partial charge in [0.15, 0.2) is 0 Å². The molecule has 0 amide bonds. The van der Waals surface area contributed by atoms with E-state index in [0.717, 1.165) is 17.7 Å². The molecule has 0 bridgehead atoms. The number of aromatic nitrogens is 1. The number of benzene rings is 1. The van der Waals surface area contributed by atoms with Gasteiger partial charge in [-0.1, -0.05) is 37.6 Å². The summed E-state index contributed by atoms with van der Waals surface area (Å²) in [6, 6.07) is 12.0. The van der Waals surface area contributed by atoms with Crippen LogP contribution in [0.15, 0.2) is 42.6 Å². The smallest absolute Gasteiger partial charge is 0.129 e. The van der Waals surface area contributed by atoms with Crippen molar-refractivity contribution in [3.05, 3.63) is 58.9 Å². The van der Waals surface area contributed by atoms with Crippen LogP contribution in [0.25, 0.3) is 0 Å². The second-order valence-corrected chi connectivity index (χ2v) is 5.04. The third kappa shape index (κ3) is 3.97. The fourth-order valence-corrected chi connectivity index (χ4v) is 2.02. The molecule has 0 aliphatic rings. The summed E-state index contributed by atoms with van der Waals surface area (Å²) in [5.41, 5.74) is 2.37. The Morgan fingerprint density at radius 2 is 1.95 bits per heavy atom. The Labute approximate surface area is 119 Å². The van der Waals surface area contributed by atoms with E-state index in [9.17, 15) is 0 Å². The van der Waals surface area contributed by atoms with E-state index < -0.39 is 0 Å². The minimum atomic E-state index is 0.494. The molecule has 0 saturated carbocycles. The standard InChI is InChI=1S/C16H18ClNO/c1-3-12(2)14-4-6-15(7-5-14)19-11-13-8-9-18-16(17)10-13/h4-10,12H,3,11H2,1-2H3. The zero-order chi connectivity index (χ0) is 13.7. The number of halogens is 1. The van der Waals surface area contributed by atoms with Crippen LogP contribution in [0.5, 0.6) is 5.75 Å². The zero-order valence-electron chi connectivity index (χ0n) is 11.3. The molecule has 2 aromatic rings. The molecule has 2 nitrogen and oxygen atoms in total. The lowest BCUT2D eigenvalue weighted by Gasteiger charge is -2.10. The molecule has 0 N–H and O–H groups in total. The van der Waals surface area contributed by atoms with Crippen LogP contribution in [0.1, 0.15) is 37.3 Å². The molecule has 0 fully saturated rings. The van der Waals surface area contributed by atoms with Crippen molar-refractivity contribution in [2.24, 2.45) is 0 Å². The van der Waals surface area contributed by atoms with Crippen LogP contribution in [0, 0.1) is 0 Å². The predicted octanol–water partition coefficient (Wildman–Crippen LogP) is 4.83. The molecule has 1 aromatic carbocycles. The summed E-state index contributed by atoms with van der Waals surface area (Å²) in [4.78, 5) is 3.95. The molecule has 2 rings (SSSR count).